The molecule has 0 radical (unpaired) electrons. The molecule has 0 spiro atoms. The van der Waals surface area contributed by atoms with Crippen molar-refractivity contribution in [3.8, 4) is 0 Å². The second-order valence-corrected chi connectivity index (χ2v) is 5.76. The summed E-state index contributed by atoms with van der Waals surface area (Å²) in [4.78, 5) is 7.17. The normalized spacial score (nSPS) is 16.9. The van der Waals surface area contributed by atoms with Gasteiger partial charge in [0.15, 0.2) is 0 Å². The van der Waals surface area contributed by atoms with Crippen LogP contribution in [0.15, 0.2) is 22.8 Å². The van der Waals surface area contributed by atoms with Crippen LogP contribution in [-0.4, -0.2) is 36.1 Å². The number of hydrogen-bond acceptors (Lipinski definition) is 3. The van der Waals surface area contributed by atoms with Crippen LogP contribution in [-0.2, 0) is 0 Å². The molecule has 1 fully saturated rings. The molecule has 0 aromatic carbocycles. The molecule has 0 bridgehead atoms. The first-order chi connectivity index (χ1) is 8.81. The Hall–Kier alpha value is 0.130. The van der Waals surface area contributed by atoms with Crippen LogP contribution < -0.4 is 5.32 Å². The summed E-state index contributed by atoms with van der Waals surface area (Å²) in [5, 5.41) is 3.42. The number of hydrogen-bond donors (Lipinski definition) is 1. The van der Waals surface area contributed by atoms with E-state index in [9.17, 15) is 0 Å². The molecule has 2 heterocycles. The summed E-state index contributed by atoms with van der Waals surface area (Å²) in [7, 11) is 0. The van der Waals surface area contributed by atoms with Gasteiger partial charge in [-0.2, -0.15) is 0 Å². The zero-order chi connectivity index (χ0) is 12.8. The Morgan fingerprint density at radius 3 is 2.55 bits per heavy atom. The maximum atomic E-state index is 4.60. The Morgan fingerprint density at radius 2 is 2.00 bits per heavy atom. The Morgan fingerprint density at radius 1 is 1.30 bits per heavy atom. The van der Waals surface area contributed by atoms with Crippen molar-refractivity contribution in [1.82, 2.24) is 15.2 Å². The highest BCUT2D eigenvalue weighted by Gasteiger charge is 2.22. The predicted molar refractivity (Wildman–Crippen MR) is 93.1 cm³/mol. The van der Waals surface area contributed by atoms with Crippen molar-refractivity contribution in [3.63, 3.8) is 0 Å². The molecule has 0 aliphatic carbocycles. The summed E-state index contributed by atoms with van der Waals surface area (Å²) >= 11 is 3.46. The molecular weight excluding hydrogens is 361 g/mol. The third-order valence-electron chi connectivity index (χ3n) is 3.52. The molecule has 1 atom stereocenters. The lowest BCUT2D eigenvalue weighted by atomic mass is 10.0. The molecule has 1 aromatic rings. The van der Waals surface area contributed by atoms with Gasteiger partial charge in [0.05, 0.1) is 11.7 Å². The van der Waals surface area contributed by atoms with Crippen LogP contribution in [0.5, 0.6) is 0 Å². The van der Waals surface area contributed by atoms with Crippen molar-refractivity contribution in [1.29, 1.82) is 0 Å². The first kappa shape index (κ1) is 20.1. The van der Waals surface area contributed by atoms with Crippen LogP contribution >= 0.6 is 40.7 Å². The van der Waals surface area contributed by atoms with E-state index in [0.717, 1.165) is 30.7 Å². The predicted octanol–water partition coefficient (Wildman–Crippen LogP) is 3.82. The number of rotatable bonds is 5. The molecule has 2 rings (SSSR count). The van der Waals surface area contributed by atoms with E-state index in [1.165, 1.54) is 25.0 Å². The average molecular weight is 385 g/mol. The maximum absolute atomic E-state index is 4.60. The summed E-state index contributed by atoms with van der Waals surface area (Å²) in [5.41, 5.74) is 1.22. The van der Waals surface area contributed by atoms with E-state index in [0.29, 0.717) is 6.04 Å². The van der Waals surface area contributed by atoms with E-state index in [1.54, 1.807) is 0 Å². The zero-order valence-corrected chi connectivity index (χ0v) is 15.1. The lowest BCUT2D eigenvalue weighted by Gasteiger charge is -2.34. The Kier molecular flexibility index (Phi) is 10.9. The summed E-state index contributed by atoms with van der Waals surface area (Å²) in [6.45, 7) is 6.71. The van der Waals surface area contributed by atoms with Gasteiger partial charge in [0, 0.05) is 36.8 Å². The van der Waals surface area contributed by atoms with Gasteiger partial charge in [-0.25, -0.2) is 0 Å². The fourth-order valence-electron chi connectivity index (χ4n) is 2.49. The molecule has 3 nitrogen and oxygen atoms in total. The molecule has 116 valence electrons. The number of piperazine rings is 1. The molecular formula is C14H24BrCl2N3. The topological polar surface area (TPSA) is 28.2 Å². The van der Waals surface area contributed by atoms with Crippen LogP contribution in [0.25, 0.3) is 0 Å². The molecule has 20 heavy (non-hydrogen) atoms. The fraction of sp³-hybridized carbons (Fsp3) is 0.643. The molecule has 1 aliphatic heterocycles. The summed E-state index contributed by atoms with van der Waals surface area (Å²) in [6, 6.07) is 4.75. The number of pyridine rings is 1. The van der Waals surface area contributed by atoms with Gasteiger partial charge in [0.2, 0.25) is 0 Å². The van der Waals surface area contributed by atoms with Crippen LogP contribution in [0.4, 0.5) is 0 Å². The molecule has 0 amide bonds. The second kappa shape index (κ2) is 10.8. The quantitative estimate of drug-likeness (QED) is 0.836. The average Bonchev–Trinajstić information content (AvgIpc) is 2.42. The van der Waals surface area contributed by atoms with Crippen molar-refractivity contribution >= 4 is 40.7 Å². The van der Waals surface area contributed by atoms with Crippen molar-refractivity contribution in [2.45, 2.75) is 32.2 Å². The molecule has 1 saturated heterocycles. The minimum atomic E-state index is 0. The van der Waals surface area contributed by atoms with Gasteiger partial charge in [-0.3, -0.25) is 9.88 Å². The van der Waals surface area contributed by atoms with Crippen molar-refractivity contribution in [2.24, 2.45) is 0 Å². The Balaban J connectivity index is 0.00000180. The molecule has 1 aliphatic rings. The summed E-state index contributed by atoms with van der Waals surface area (Å²) in [5.74, 6) is 0. The van der Waals surface area contributed by atoms with Gasteiger partial charge in [-0.15, -0.1) is 24.8 Å². The number of nitrogens with zero attached hydrogens (tertiary/aromatic N) is 2. The van der Waals surface area contributed by atoms with E-state index < -0.39 is 0 Å². The molecule has 1 aromatic heterocycles. The maximum Gasteiger partial charge on any atom is 0.0576 e. The van der Waals surface area contributed by atoms with Gasteiger partial charge < -0.3 is 5.32 Å². The largest absolute Gasteiger partial charge is 0.314 e. The van der Waals surface area contributed by atoms with Crippen molar-refractivity contribution in [3.05, 3.63) is 28.5 Å². The van der Waals surface area contributed by atoms with Crippen LogP contribution in [0.2, 0.25) is 0 Å². The van der Waals surface area contributed by atoms with E-state index in [4.69, 9.17) is 0 Å². The van der Waals surface area contributed by atoms with E-state index in [1.807, 2.05) is 6.20 Å². The summed E-state index contributed by atoms with van der Waals surface area (Å²) < 4.78 is 1.06. The third kappa shape index (κ3) is 5.86. The smallest absolute Gasteiger partial charge is 0.0576 e. The van der Waals surface area contributed by atoms with E-state index >= 15 is 0 Å². The third-order valence-corrected chi connectivity index (χ3v) is 3.98. The first-order valence-electron chi connectivity index (χ1n) is 6.87. The molecule has 0 saturated carbocycles. The number of aromatic nitrogens is 1. The van der Waals surface area contributed by atoms with Gasteiger partial charge in [-0.05, 0) is 34.5 Å². The molecule has 0 unspecified atom stereocenters. The first-order valence-corrected chi connectivity index (χ1v) is 7.66. The lowest BCUT2D eigenvalue weighted by molar-refractivity contribution is 0.160. The highest BCUT2D eigenvalue weighted by Crippen LogP contribution is 2.26. The highest BCUT2D eigenvalue weighted by atomic mass is 79.9. The van der Waals surface area contributed by atoms with Gasteiger partial charge in [0.1, 0.15) is 0 Å². The Bertz CT molecular complexity index is 356. The number of nitrogens with one attached hydrogen (secondary N) is 1. The minimum absolute atomic E-state index is 0. The fourth-order valence-corrected chi connectivity index (χ4v) is 2.73. The van der Waals surface area contributed by atoms with Gasteiger partial charge >= 0.3 is 0 Å². The Labute approximate surface area is 142 Å². The van der Waals surface area contributed by atoms with Crippen molar-refractivity contribution < 1.29 is 0 Å². The number of unbranched alkanes of at least 4 members (excludes halogenated alkanes) is 1. The number of halogens is 3. The SMILES string of the molecule is CCCC[C@H](c1ccc(Br)cn1)N1CCNCC1.Cl.Cl. The van der Waals surface area contributed by atoms with Crippen LogP contribution in [0, 0.1) is 0 Å². The zero-order valence-electron chi connectivity index (χ0n) is 11.8. The van der Waals surface area contributed by atoms with Crippen LogP contribution in [0.1, 0.15) is 37.9 Å². The lowest BCUT2D eigenvalue weighted by Crippen LogP contribution is -2.45. The van der Waals surface area contributed by atoms with Gasteiger partial charge in [0.25, 0.3) is 0 Å². The molecule has 6 heteroatoms. The van der Waals surface area contributed by atoms with Crippen molar-refractivity contribution in [2.75, 3.05) is 26.2 Å². The van der Waals surface area contributed by atoms with Crippen LogP contribution in [0.3, 0.4) is 0 Å². The monoisotopic (exact) mass is 383 g/mol. The van der Waals surface area contributed by atoms with E-state index in [-0.39, 0.29) is 24.8 Å². The molecule has 1 N–H and O–H groups in total. The minimum Gasteiger partial charge on any atom is -0.314 e. The highest BCUT2D eigenvalue weighted by molar-refractivity contribution is 9.10. The second-order valence-electron chi connectivity index (χ2n) is 4.85. The summed E-state index contributed by atoms with van der Waals surface area (Å²) in [6.07, 6.45) is 5.65. The van der Waals surface area contributed by atoms with Gasteiger partial charge in [-0.1, -0.05) is 19.8 Å². The standard InChI is InChI=1S/C14H22BrN3.2ClH/c1-2-3-4-14(18-9-7-16-8-10-18)13-6-5-12(15)11-17-13;;/h5-6,11,14,16H,2-4,7-10H2,1H3;2*1H/t14-;;/m1../s1. The van der Waals surface area contributed by atoms with E-state index in [2.05, 4.69) is 50.2 Å².